The first-order chi connectivity index (χ1) is 9.29. The van der Waals surface area contributed by atoms with Crippen LogP contribution in [-0.2, 0) is 4.79 Å². The Balaban J connectivity index is 1.78. The first kappa shape index (κ1) is 12.3. The first-order valence-electron chi connectivity index (χ1n) is 6.50. The van der Waals surface area contributed by atoms with Gasteiger partial charge in [-0.15, -0.1) is 11.3 Å². The van der Waals surface area contributed by atoms with Gasteiger partial charge in [0.25, 0.3) is 0 Å². The van der Waals surface area contributed by atoms with Crippen molar-refractivity contribution in [1.29, 1.82) is 0 Å². The second-order valence-corrected chi connectivity index (χ2v) is 5.47. The van der Waals surface area contributed by atoms with E-state index in [-0.39, 0.29) is 5.91 Å². The number of carbonyl (C=O) groups excluding carboxylic acids is 1. The summed E-state index contributed by atoms with van der Waals surface area (Å²) in [6.07, 6.45) is 2.20. The molecular weight excluding hydrogens is 260 g/mol. The van der Waals surface area contributed by atoms with Gasteiger partial charge in [0.15, 0.2) is 0 Å². The highest BCUT2D eigenvalue weighted by molar-refractivity contribution is 7.17. The summed E-state index contributed by atoms with van der Waals surface area (Å²) in [7, 11) is 0. The van der Waals surface area contributed by atoms with Crippen molar-refractivity contribution >= 4 is 33.3 Å². The molecule has 0 bridgehead atoms. The number of aromatic nitrogens is 2. The zero-order valence-corrected chi connectivity index (χ0v) is 11.7. The molecule has 1 aliphatic heterocycles. The molecule has 100 valence electrons. The molecule has 0 saturated carbocycles. The minimum absolute atomic E-state index is 0.239. The molecule has 0 spiro atoms. The van der Waals surface area contributed by atoms with Gasteiger partial charge in [0.1, 0.15) is 12.1 Å². The van der Waals surface area contributed by atoms with Crippen molar-refractivity contribution in [2.45, 2.75) is 13.3 Å². The predicted octanol–water partition coefficient (Wildman–Crippen LogP) is 1.75. The molecule has 0 unspecified atom stereocenters. The van der Waals surface area contributed by atoms with Gasteiger partial charge in [-0.3, -0.25) is 4.79 Å². The topological polar surface area (TPSA) is 49.3 Å². The van der Waals surface area contributed by atoms with Crippen molar-refractivity contribution < 1.29 is 4.79 Å². The highest BCUT2D eigenvalue weighted by atomic mass is 32.1. The van der Waals surface area contributed by atoms with Crippen LogP contribution in [0.3, 0.4) is 0 Å². The van der Waals surface area contributed by atoms with Gasteiger partial charge < -0.3 is 9.80 Å². The van der Waals surface area contributed by atoms with Crippen molar-refractivity contribution in [3.05, 3.63) is 17.8 Å². The molecule has 1 aliphatic rings. The van der Waals surface area contributed by atoms with Crippen LogP contribution < -0.4 is 4.90 Å². The number of hydrogen-bond donors (Lipinski definition) is 0. The third-order valence-corrected chi connectivity index (χ3v) is 4.36. The van der Waals surface area contributed by atoms with Crippen molar-refractivity contribution in [3.63, 3.8) is 0 Å². The molecule has 0 aromatic carbocycles. The third kappa shape index (κ3) is 2.28. The monoisotopic (exact) mass is 276 g/mol. The van der Waals surface area contributed by atoms with E-state index in [1.165, 1.54) is 0 Å². The Labute approximate surface area is 115 Å². The molecule has 0 aliphatic carbocycles. The zero-order chi connectivity index (χ0) is 13.2. The van der Waals surface area contributed by atoms with Crippen LogP contribution in [0.5, 0.6) is 0 Å². The summed E-state index contributed by atoms with van der Waals surface area (Å²) in [5.41, 5.74) is 1.00. The standard InChI is InChI=1S/C13H16N4OS/c1-2-11(18)16-4-6-17(7-5-16)13-12-10(3-8-19-12)14-9-15-13/h3,8-9H,2,4-7H2,1H3. The Morgan fingerprint density at radius 3 is 2.84 bits per heavy atom. The van der Waals surface area contributed by atoms with Gasteiger partial charge in [0.2, 0.25) is 5.91 Å². The molecule has 2 aromatic heterocycles. The van der Waals surface area contributed by atoms with Crippen LogP contribution >= 0.6 is 11.3 Å². The van der Waals surface area contributed by atoms with E-state index in [0.717, 1.165) is 42.2 Å². The second kappa shape index (κ2) is 5.13. The number of hydrogen-bond acceptors (Lipinski definition) is 5. The Morgan fingerprint density at radius 2 is 2.11 bits per heavy atom. The van der Waals surface area contributed by atoms with Crippen LogP contribution in [0.4, 0.5) is 5.82 Å². The van der Waals surface area contributed by atoms with Crippen LogP contribution in [-0.4, -0.2) is 47.0 Å². The van der Waals surface area contributed by atoms with Gasteiger partial charge in [-0.2, -0.15) is 0 Å². The summed E-state index contributed by atoms with van der Waals surface area (Å²) >= 11 is 1.67. The quantitative estimate of drug-likeness (QED) is 0.838. The summed E-state index contributed by atoms with van der Waals surface area (Å²) in [5, 5.41) is 2.04. The van der Waals surface area contributed by atoms with Gasteiger partial charge in [0, 0.05) is 32.6 Å². The lowest BCUT2D eigenvalue weighted by Gasteiger charge is -2.35. The fourth-order valence-corrected chi connectivity index (χ4v) is 3.25. The number of carbonyl (C=O) groups is 1. The molecule has 0 N–H and O–H groups in total. The molecule has 6 heteroatoms. The van der Waals surface area contributed by atoms with E-state index in [9.17, 15) is 4.79 Å². The average molecular weight is 276 g/mol. The van der Waals surface area contributed by atoms with E-state index in [1.807, 2.05) is 23.3 Å². The Morgan fingerprint density at radius 1 is 1.32 bits per heavy atom. The maximum atomic E-state index is 11.7. The summed E-state index contributed by atoms with van der Waals surface area (Å²) in [4.78, 5) is 24.5. The van der Waals surface area contributed by atoms with Crippen molar-refractivity contribution in [2.24, 2.45) is 0 Å². The molecule has 1 saturated heterocycles. The molecule has 3 heterocycles. The van der Waals surface area contributed by atoms with Gasteiger partial charge in [-0.1, -0.05) is 6.92 Å². The number of nitrogens with zero attached hydrogens (tertiary/aromatic N) is 4. The summed E-state index contributed by atoms with van der Waals surface area (Å²) in [5.74, 6) is 1.24. The lowest BCUT2D eigenvalue weighted by Crippen LogP contribution is -2.48. The molecule has 0 radical (unpaired) electrons. The summed E-state index contributed by atoms with van der Waals surface area (Å²) in [6, 6.07) is 2.02. The minimum atomic E-state index is 0.239. The highest BCUT2D eigenvalue weighted by Gasteiger charge is 2.22. The van der Waals surface area contributed by atoms with Gasteiger partial charge in [0.05, 0.1) is 10.2 Å². The van der Waals surface area contributed by atoms with E-state index in [1.54, 1.807) is 17.7 Å². The van der Waals surface area contributed by atoms with Crippen molar-refractivity contribution in [2.75, 3.05) is 31.1 Å². The molecule has 0 atom stereocenters. The van der Waals surface area contributed by atoms with Crippen LogP contribution in [0.1, 0.15) is 13.3 Å². The zero-order valence-electron chi connectivity index (χ0n) is 10.9. The van der Waals surface area contributed by atoms with E-state index in [0.29, 0.717) is 6.42 Å². The molecular formula is C13H16N4OS. The predicted molar refractivity (Wildman–Crippen MR) is 76.5 cm³/mol. The number of anilines is 1. The number of fused-ring (bicyclic) bond motifs is 1. The lowest BCUT2D eigenvalue weighted by molar-refractivity contribution is -0.131. The fraction of sp³-hybridized carbons (Fsp3) is 0.462. The van der Waals surface area contributed by atoms with Crippen LogP contribution in [0.15, 0.2) is 17.8 Å². The smallest absolute Gasteiger partial charge is 0.222 e. The molecule has 3 rings (SSSR count). The molecule has 19 heavy (non-hydrogen) atoms. The Hall–Kier alpha value is -1.69. The highest BCUT2D eigenvalue weighted by Crippen LogP contribution is 2.28. The van der Waals surface area contributed by atoms with Crippen molar-refractivity contribution in [1.82, 2.24) is 14.9 Å². The van der Waals surface area contributed by atoms with Crippen LogP contribution in [0.2, 0.25) is 0 Å². The number of thiophene rings is 1. The molecule has 1 fully saturated rings. The fourth-order valence-electron chi connectivity index (χ4n) is 2.39. The van der Waals surface area contributed by atoms with E-state index in [4.69, 9.17) is 0 Å². The SMILES string of the molecule is CCC(=O)N1CCN(c2ncnc3ccsc23)CC1. The van der Waals surface area contributed by atoms with Crippen LogP contribution in [0.25, 0.3) is 10.2 Å². The molecule has 5 nitrogen and oxygen atoms in total. The lowest BCUT2D eigenvalue weighted by atomic mass is 10.3. The minimum Gasteiger partial charge on any atom is -0.352 e. The van der Waals surface area contributed by atoms with E-state index >= 15 is 0 Å². The first-order valence-corrected chi connectivity index (χ1v) is 7.38. The number of piperazine rings is 1. The van der Waals surface area contributed by atoms with Crippen molar-refractivity contribution in [3.8, 4) is 0 Å². The maximum Gasteiger partial charge on any atom is 0.222 e. The Bertz CT molecular complexity index is 589. The average Bonchev–Trinajstić information content (AvgIpc) is 2.95. The maximum absolute atomic E-state index is 11.7. The van der Waals surface area contributed by atoms with Gasteiger partial charge in [-0.25, -0.2) is 9.97 Å². The Kier molecular flexibility index (Phi) is 3.33. The van der Waals surface area contributed by atoms with E-state index in [2.05, 4.69) is 14.9 Å². The van der Waals surface area contributed by atoms with Gasteiger partial charge >= 0.3 is 0 Å². The third-order valence-electron chi connectivity index (χ3n) is 3.46. The number of rotatable bonds is 2. The normalized spacial score (nSPS) is 16.1. The number of amides is 1. The molecule has 1 amide bonds. The summed E-state index contributed by atoms with van der Waals surface area (Å²) in [6.45, 7) is 5.16. The second-order valence-electron chi connectivity index (χ2n) is 4.55. The van der Waals surface area contributed by atoms with Crippen LogP contribution in [0, 0.1) is 0 Å². The van der Waals surface area contributed by atoms with Gasteiger partial charge in [-0.05, 0) is 11.4 Å². The molecule has 2 aromatic rings. The largest absolute Gasteiger partial charge is 0.352 e. The summed E-state index contributed by atoms with van der Waals surface area (Å²) < 4.78 is 1.14. The van der Waals surface area contributed by atoms with E-state index < -0.39 is 0 Å².